The first-order valence-corrected chi connectivity index (χ1v) is 10.7. The topological polar surface area (TPSA) is 59.4 Å². The Balaban J connectivity index is 1.85. The van der Waals surface area contributed by atoms with E-state index < -0.39 is 18.0 Å². The van der Waals surface area contributed by atoms with Crippen LogP contribution in [0, 0.1) is 5.82 Å². The molecule has 0 bridgehead atoms. The molecule has 1 aliphatic heterocycles. The van der Waals surface area contributed by atoms with Crippen molar-refractivity contribution in [2.24, 2.45) is 0 Å². The maximum absolute atomic E-state index is 13.6. The van der Waals surface area contributed by atoms with Gasteiger partial charge in [-0.15, -0.1) is 0 Å². The summed E-state index contributed by atoms with van der Waals surface area (Å²) in [4.78, 5) is 18.0. The lowest BCUT2D eigenvalue weighted by atomic mass is 10.2. The quantitative estimate of drug-likeness (QED) is 0.303. The number of anilines is 1. The Hall–Kier alpha value is -2.37. The fourth-order valence-corrected chi connectivity index (χ4v) is 4.09. The molecule has 32 heavy (non-hydrogen) atoms. The fourth-order valence-electron chi connectivity index (χ4n) is 3.46. The molecule has 0 saturated carbocycles. The van der Waals surface area contributed by atoms with Crippen molar-refractivity contribution in [2.45, 2.75) is 12.7 Å². The summed E-state index contributed by atoms with van der Waals surface area (Å²) in [5.41, 5.74) is 1.21. The number of carbonyl (C=O) groups is 1. The van der Waals surface area contributed by atoms with Crippen LogP contribution in [-0.2, 0) is 11.3 Å². The predicted molar refractivity (Wildman–Crippen MR) is 115 cm³/mol. The molecule has 1 aromatic heterocycles. The normalized spacial score (nSPS) is 14.8. The van der Waals surface area contributed by atoms with Gasteiger partial charge in [-0.2, -0.15) is 13.2 Å². The van der Waals surface area contributed by atoms with Gasteiger partial charge in [0, 0.05) is 30.7 Å². The first-order chi connectivity index (χ1) is 15.1. The second-order valence-electron chi connectivity index (χ2n) is 7.14. The van der Waals surface area contributed by atoms with Gasteiger partial charge in [-0.1, -0.05) is 33.6 Å². The second-order valence-corrected chi connectivity index (χ2v) is 8.47. The highest BCUT2D eigenvalue weighted by atomic mass is 79.9. The summed E-state index contributed by atoms with van der Waals surface area (Å²) in [6, 6.07) is 7.22. The molecule has 2 heterocycles. The number of alkyl halides is 3. The molecule has 3 aromatic rings. The molecule has 0 amide bonds. The Bertz CT molecular complexity index is 1180. The van der Waals surface area contributed by atoms with Crippen LogP contribution < -0.4 is 15.0 Å². The van der Waals surface area contributed by atoms with Gasteiger partial charge < -0.3 is 19.5 Å². The van der Waals surface area contributed by atoms with E-state index in [1.165, 1.54) is 18.2 Å². The van der Waals surface area contributed by atoms with Crippen molar-refractivity contribution in [3.8, 4) is 5.75 Å². The van der Waals surface area contributed by atoms with E-state index in [9.17, 15) is 22.4 Å². The molecule has 170 valence electrons. The van der Waals surface area contributed by atoms with Crippen molar-refractivity contribution in [1.29, 1.82) is 0 Å². The van der Waals surface area contributed by atoms with Crippen LogP contribution in [0.4, 0.5) is 23.5 Å². The van der Waals surface area contributed by atoms with Gasteiger partial charge in [0.05, 0.1) is 17.1 Å². The lowest BCUT2D eigenvalue weighted by Crippen LogP contribution is -2.44. The van der Waals surface area contributed by atoms with E-state index >= 15 is 0 Å². The molecule has 1 aliphatic rings. The molecular formula is C20H16BrClF4N4O2. The minimum absolute atomic E-state index is 0.0448. The molecule has 1 N–H and O–H groups in total. The first kappa shape index (κ1) is 22.8. The molecule has 12 heteroatoms. The number of nitrogens with zero attached hydrogens (tertiary/aromatic N) is 3. The van der Waals surface area contributed by atoms with Crippen molar-refractivity contribution in [2.75, 3.05) is 31.1 Å². The number of carbonyl (C=O) groups excluding carboxylic acids is 1. The van der Waals surface area contributed by atoms with Crippen molar-refractivity contribution >= 4 is 50.5 Å². The summed E-state index contributed by atoms with van der Waals surface area (Å²) in [5, 5.41) is 3.18. The standard InChI is InChI=1S/C20H16BrClF4N4O2/c21-12-8-15-17(16(9-12)32-18(31)20(24,25)26)28-19(29-5-3-27-4-6-29)30(15)10-11-1-2-14(23)13(22)7-11/h1-2,7-9,27H,3-6,10H2. The highest BCUT2D eigenvalue weighted by molar-refractivity contribution is 9.10. The van der Waals surface area contributed by atoms with Gasteiger partial charge in [-0.25, -0.2) is 14.2 Å². The minimum Gasteiger partial charge on any atom is -0.417 e. The number of esters is 1. The summed E-state index contributed by atoms with van der Waals surface area (Å²) >= 11 is 9.18. The molecule has 1 saturated heterocycles. The lowest BCUT2D eigenvalue weighted by Gasteiger charge is -2.29. The van der Waals surface area contributed by atoms with Gasteiger partial charge in [-0.3, -0.25) is 0 Å². The van der Waals surface area contributed by atoms with Crippen molar-refractivity contribution in [3.63, 3.8) is 0 Å². The minimum atomic E-state index is -5.15. The van der Waals surface area contributed by atoms with Gasteiger partial charge in [0.1, 0.15) is 11.3 Å². The number of fused-ring (bicyclic) bond motifs is 1. The molecule has 0 atom stereocenters. The van der Waals surface area contributed by atoms with Crippen LogP contribution >= 0.6 is 27.5 Å². The van der Waals surface area contributed by atoms with Crippen LogP contribution in [0.2, 0.25) is 5.02 Å². The van der Waals surface area contributed by atoms with E-state index in [0.29, 0.717) is 47.7 Å². The number of rotatable bonds is 4. The zero-order valence-electron chi connectivity index (χ0n) is 16.3. The van der Waals surface area contributed by atoms with Gasteiger partial charge in [-0.05, 0) is 29.8 Å². The van der Waals surface area contributed by atoms with Crippen LogP contribution in [0.5, 0.6) is 5.75 Å². The first-order valence-electron chi connectivity index (χ1n) is 9.52. The molecule has 0 aliphatic carbocycles. The highest BCUT2D eigenvalue weighted by Crippen LogP contribution is 2.35. The Morgan fingerprint density at radius 3 is 2.59 bits per heavy atom. The van der Waals surface area contributed by atoms with E-state index in [0.717, 1.165) is 0 Å². The van der Waals surface area contributed by atoms with Crippen molar-refractivity contribution in [1.82, 2.24) is 14.9 Å². The predicted octanol–water partition coefficient (Wildman–Crippen LogP) is 4.52. The van der Waals surface area contributed by atoms with E-state index in [2.05, 4.69) is 31.0 Å². The summed E-state index contributed by atoms with van der Waals surface area (Å²) in [7, 11) is 0. The maximum atomic E-state index is 13.6. The van der Waals surface area contributed by atoms with Crippen LogP contribution in [0.25, 0.3) is 11.0 Å². The van der Waals surface area contributed by atoms with Crippen LogP contribution in [0.1, 0.15) is 5.56 Å². The average Bonchev–Trinajstić information content (AvgIpc) is 3.09. The summed E-state index contributed by atoms with van der Waals surface area (Å²) in [6.45, 7) is 2.86. The molecule has 2 aromatic carbocycles. The number of imidazole rings is 1. The lowest BCUT2D eigenvalue weighted by molar-refractivity contribution is -0.189. The van der Waals surface area contributed by atoms with Crippen molar-refractivity contribution in [3.05, 3.63) is 51.2 Å². The molecule has 0 spiro atoms. The third-order valence-corrected chi connectivity index (χ3v) is 5.67. The molecule has 4 rings (SSSR count). The number of nitrogens with one attached hydrogen (secondary N) is 1. The molecule has 1 fully saturated rings. The smallest absolute Gasteiger partial charge is 0.417 e. The van der Waals surface area contributed by atoms with E-state index in [1.807, 2.05) is 4.90 Å². The van der Waals surface area contributed by atoms with Gasteiger partial charge in [0.15, 0.2) is 5.75 Å². The summed E-state index contributed by atoms with van der Waals surface area (Å²) in [5.74, 6) is -2.72. The number of hydrogen-bond donors (Lipinski definition) is 1. The number of aromatic nitrogens is 2. The number of benzene rings is 2. The highest BCUT2D eigenvalue weighted by Gasteiger charge is 2.42. The zero-order valence-corrected chi connectivity index (χ0v) is 18.7. The molecule has 0 radical (unpaired) electrons. The Kier molecular flexibility index (Phi) is 6.33. The van der Waals surface area contributed by atoms with E-state index in [1.54, 1.807) is 16.7 Å². The van der Waals surface area contributed by atoms with Crippen LogP contribution in [0.3, 0.4) is 0 Å². The van der Waals surface area contributed by atoms with E-state index in [-0.39, 0.29) is 22.8 Å². The zero-order chi connectivity index (χ0) is 23.0. The summed E-state index contributed by atoms with van der Waals surface area (Å²) < 4.78 is 58.8. The maximum Gasteiger partial charge on any atom is 0.491 e. The second kappa shape index (κ2) is 8.87. The molecule has 6 nitrogen and oxygen atoms in total. The third-order valence-electron chi connectivity index (χ3n) is 4.92. The summed E-state index contributed by atoms with van der Waals surface area (Å²) in [6.07, 6.45) is -5.15. The monoisotopic (exact) mass is 534 g/mol. The van der Waals surface area contributed by atoms with Crippen LogP contribution in [-0.4, -0.2) is 47.9 Å². The number of piperazine rings is 1. The third kappa shape index (κ3) is 4.69. The Morgan fingerprint density at radius 1 is 1.22 bits per heavy atom. The number of hydrogen-bond acceptors (Lipinski definition) is 5. The molecular weight excluding hydrogens is 520 g/mol. The number of ether oxygens (including phenoxy) is 1. The fraction of sp³-hybridized carbons (Fsp3) is 0.300. The van der Waals surface area contributed by atoms with E-state index in [4.69, 9.17) is 11.6 Å². The Labute approximate surface area is 193 Å². The molecule has 0 unspecified atom stereocenters. The van der Waals surface area contributed by atoms with Gasteiger partial charge in [0.2, 0.25) is 5.95 Å². The van der Waals surface area contributed by atoms with Gasteiger partial charge in [0.25, 0.3) is 0 Å². The Morgan fingerprint density at radius 2 is 1.94 bits per heavy atom. The number of halogens is 6. The van der Waals surface area contributed by atoms with Gasteiger partial charge >= 0.3 is 12.1 Å². The van der Waals surface area contributed by atoms with Crippen molar-refractivity contribution < 1.29 is 27.1 Å². The van der Waals surface area contributed by atoms with Crippen LogP contribution in [0.15, 0.2) is 34.8 Å². The SMILES string of the molecule is O=C(Oc1cc(Br)cc2c1nc(N1CCNCC1)n2Cc1ccc(F)c(Cl)c1)C(F)(F)F. The largest absolute Gasteiger partial charge is 0.491 e. The average molecular weight is 536 g/mol.